The highest BCUT2D eigenvalue weighted by Gasteiger charge is 2.30. The van der Waals surface area contributed by atoms with Crippen LogP contribution < -0.4 is 4.74 Å². The zero-order chi connectivity index (χ0) is 20.5. The third-order valence-corrected chi connectivity index (χ3v) is 5.92. The van der Waals surface area contributed by atoms with E-state index in [9.17, 15) is 4.79 Å². The molecule has 0 aromatic heterocycles. The van der Waals surface area contributed by atoms with Gasteiger partial charge in [0.2, 0.25) is 0 Å². The molecule has 1 saturated heterocycles. The van der Waals surface area contributed by atoms with Gasteiger partial charge in [0.25, 0.3) is 6.47 Å². The van der Waals surface area contributed by atoms with E-state index in [4.69, 9.17) is 4.74 Å². The maximum absolute atomic E-state index is 9.34. The molecule has 1 aromatic carbocycles. The number of methoxy groups -OCH3 is 1. The van der Waals surface area contributed by atoms with Gasteiger partial charge in [0.05, 0.1) is 13.7 Å². The van der Waals surface area contributed by atoms with Gasteiger partial charge in [0.1, 0.15) is 5.75 Å². The molecular weight excluding hydrogens is 350 g/mol. The number of benzene rings is 1. The van der Waals surface area contributed by atoms with E-state index in [0.717, 1.165) is 24.5 Å². The molecule has 3 atom stereocenters. The van der Waals surface area contributed by atoms with Gasteiger partial charge in [-0.3, -0.25) is 4.79 Å². The zero-order valence-electron chi connectivity index (χ0n) is 18.3. The summed E-state index contributed by atoms with van der Waals surface area (Å²) in [5.74, 6) is 2.46. The third-order valence-electron chi connectivity index (χ3n) is 5.92. The number of hydrogen-bond acceptors (Lipinski definition) is 4. The van der Waals surface area contributed by atoms with Crippen molar-refractivity contribution in [2.75, 3.05) is 33.4 Å². The van der Waals surface area contributed by atoms with Gasteiger partial charge in [-0.1, -0.05) is 32.4 Å². The molecule has 156 valence electrons. The van der Waals surface area contributed by atoms with Crippen LogP contribution in [0.3, 0.4) is 0 Å². The second-order valence-corrected chi connectivity index (χ2v) is 8.02. The quantitative estimate of drug-likeness (QED) is 0.503. The molecule has 1 fully saturated rings. The average Bonchev–Trinajstić information content (AvgIpc) is 3.14. The molecule has 4 nitrogen and oxygen atoms in total. The van der Waals surface area contributed by atoms with Gasteiger partial charge in [0.15, 0.2) is 0 Å². The Morgan fingerprint density at radius 3 is 2.64 bits per heavy atom. The predicted molar refractivity (Wildman–Crippen MR) is 116 cm³/mol. The number of carbonyl (C=O) groups is 1. The van der Waals surface area contributed by atoms with Crippen molar-refractivity contribution in [2.24, 2.45) is 11.8 Å². The summed E-state index contributed by atoms with van der Waals surface area (Å²) in [6.45, 7) is 13.7. The zero-order valence-corrected chi connectivity index (χ0v) is 18.3. The van der Waals surface area contributed by atoms with Crippen molar-refractivity contribution in [1.29, 1.82) is 0 Å². The number of carbonyl (C=O) groups excluding carboxylic acids is 1. The van der Waals surface area contributed by atoms with Crippen LogP contribution in [0.1, 0.15) is 57.6 Å². The predicted octanol–water partition coefficient (Wildman–Crippen LogP) is 5.10. The number of hydrogen-bond donors (Lipinski definition) is 0. The fraction of sp³-hybridized carbons (Fsp3) is 0.625. The topological polar surface area (TPSA) is 38.8 Å². The first-order chi connectivity index (χ1) is 13.5. The molecule has 2 heterocycles. The van der Waals surface area contributed by atoms with E-state index in [0.29, 0.717) is 19.0 Å². The molecule has 3 rings (SSSR count). The third kappa shape index (κ3) is 5.84. The molecule has 0 aliphatic carbocycles. The summed E-state index contributed by atoms with van der Waals surface area (Å²) in [5.41, 5.74) is 6.07. The van der Waals surface area contributed by atoms with Crippen LogP contribution in [0.2, 0.25) is 0 Å². The van der Waals surface area contributed by atoms with Crippen molar-refractivity contribution in [2.45, 2.75) is 53.4 Å². The first-order valence-electron chi connectivity index (χ1n) is 10.7. The van der Waals surface area contributed by atoms with Gasteiger partial charge in [-0.2, -0.15) is 0 Å². The van der Waals surface area contributed by atoms with Crippen LogP contribution in [-0.4, -0.2) is 44.7 Å². The van der Waals surface area contributed by atoms with Crippen LogP contribution in [0.25, 0.3) is 5.57 Å². The molecule has 0 radical (unpaired) electrons. The maximum Gasteiger partial charge on any atom is 0.293 e. The number of aryl methyl sites for hydroxylation is 1. The standard InChI is InChI=1S/C20H29NO.C4H8O2/c1-5-18-15(3)12-21-9-8-16(13-21)10-20(18)19-11-17(22-4)7-6-14(19)2;1-2-3-6-4-5/h6-7,11,15-16H,5,8-10,12-13H2,1-4H3;4H,2-3H2,1H3/b20-18+;. The van der Waals surface area contributed by atoms with Crippen LogP contribution in [0.5, 0.6) is 5.75 Å². The fourth-order valence-electron chi connectivity index (χ4n) is 4.52. The van der Waals surface area contributed by atoms with Gasteiger partial charge in [0, 0.05) is 13.1 Å². The Morgan fingerprint density at radius 1 is 1.25 bits per heavy atom. The smallest absolute Gasteiger partial charge is 0.293 e. The van der Waals surface area contributed by atoms with E-state index in [-0.39, 0.29) is 0 Å². The molecule has 3 unspecified atom stereocenters. The Morgan fingerprint density at radius 2 is 2.04 bits per heavy atom. The highest BCUT2D eigenvalue weighted by molar-refractivity contribution is 5.73. The van der Waals surface area contributed by atoms with Crippen LogP contribution in [0.4, 0.5) is 0 Å². The summed E-state index contributed by atoms with van der Waals surface area (Å²) < 4.78 is 9.78. The first-order valence-corrected chi connectivity index (χ1v) is 10.7. The monoisotopic (exact) mass is 387 g/mol. The molecule has 0 N–H and O–H groups in total. The lowest BCUT2D eigenvalue weighted by molar-refractivity contribution is -0.128. The molecule has 28 heavy (non-hydrogen) atoms. The molecule has 2 aliphatic heterocycles. The van der Waals surface area contributed by atoms with Crippen LogP contribution in [-0.2, 0) is 9.53 Å². The first kappa shape index (κ1) is 22.5. The number of ether oxygens (including phenoxy) is 2. The Bertz CT molecular complexity index is 668. The lowest BCUT2D eigenvalue weighted by Crippen LogP contribution is -2.29. The second kappa shape index (κ2) is 11.3. The minimum atomic E-state index is 0.462. The van der Waals surface area contributed by atoms with Crippen molar-refractivity contribution in [3.63, 3.8) is 0 Å². The summed E-state index contributed by atoms with van der Waals surface area (Å²) in [6, 6.07) is 6.54. The van der Waals surface area contributed by atoms with Gasteiger partial charge in [-0.05, 0) is 79.8 Å². The normalized spacial score (nSPS) is 26.5. The number of rotatable bonds is 6. The van der Waals surface area contributed by atoms with E-state index >= 15 is 0 Å². The average molecular weight is 388 g/mol. The van der Waals surface area contributed by atoms with E-state index in [2.05, 4.69) is 48.6 Å². The summed E-state index contributed by atoms with van der Waals surface area (Å²) >= 11 is 0. The number of fused-ring (bicyclic) bond motifs is 2. The SMILES string of the molecule is CC/C1=C(\c2cc(OC)ccc2C)CC2CCN(C2)CC1C.CCCOC=O. The lowest BCUT2D eigenvalue weighted by atomic mass is 9.82. The molecule has 0 amide bonds. The second-order valence-electron chi connectivity index (χ2n) is 8.02. The van der Waals surface area contributed by atoms with Crippen molar-refractivity contribution in [3.8, 4) is 5.75 Å². The van der Waals surface area contributed by atoms with E-state index < -0.39 is 0 Å². The molecule has 2 aliphatic rings. The minimum Gasteiger partial charge on any atom is -0.497 e. The van der Waals surface area contributed by atoms with Crippen molar-refractivity contribution in [3.05, 3.63) is 34.9 Å². The molecule has 1 aromatic rings. The summed E-state index contributed by atoms with van der Waals surface area (Å²) in [4.78, 5) is 12.0. The summed E-state index contributed by atoms with van der Waals surface area (Å²) in [7, 11) is 1.76. The van der Waals surface area contributed by atoms with Gasteiger partial charge < -0.3 is 14.4 Å². The molecular formula is C24H37NO3. The van der Waals surface area contributed by atoms with E-state index in [1.54, 1.807) is 18.3 Å². The Labute approximate surface area is 170 Å². The Kier molecular flexibility index (Phi) is 9.04. The summed E-state index contributed by atoms with van der Waals surface area (Å²) in [6.07, 6.45) is 4.65. The fourth-order valence-corrected chi connectivity index (χ4v) is 4.52. The minimum absolute atomic E-state index is 0.462. The number of allylic oxidation sites excluding steroid dienone is 1. The van der Waals surface area contributed by atoms with Crippen molar-refractivity contribution >= 4 is 12.0 Å². The van der Waals surface area contributed by atoms with E-state index in [1.807, 2.05) is 6.92 Å². The van der Waals surface area contributed by atoms with E-state index in [1.165, 1.54) is 43.6 Å². The summed E-state index contributed by atoms with van der Waals surface area (Å²) in [5, 5.41) is 0. The van der Waals surface area contributed by atoms with Gasteiger partial charge >= 0.3 is 0 Å². The Hall–Kier alpha value is -1.81. The van der Waals surface area contributed by atoms with Crippen molar-refractivity contribution in [1.82, 2.24) is 4.90 Å². The van der Waals surface area contributed by atoms with Crippen molar-refractivity contribution < 1.29 is 14.3 Å². The molecule has 0 spiro atoms. The Balaban J connectivity index is 0.000000409. The van der Waals surface area contributed by atoms with Crippen LogP contribution in [0, 0.1) is 18.8 Å². The van der Waals surface area contributed by atoms with Crippen LogP contribution >= 0.6 is 0 Å². The maximum atomic E-state index is 9.34. The van der Waals surface area contributed by atoms with Gasteiger partial charge in [-0.25, -0.2) is 0 Å². The largest absolute Gasteiger partial charge is 0.497 e. The van der Waals surface area contributed by atoms with Crippen LogP contribution in [0.15, 0.2) is 23.8 Å². The molecule has 4 heteroatoms. The van der Waals surface area contributed by atoms with Gasteiger partial charge in [-0.15, -0.1) is 0 Å². The highest BCUT2D eigenvalue weighted by Crippen LogP contribution is 2.39. The molecule has 0 saturated carbocycles. The lowest BCUT2D eigenvalue weighted by Gasteiger charge is -2.29. The molecule has 2 bridgehead atoms. The number of nitrogens with zero attached hydrogens (tertiary/aromatic N) is 1. The highest BCUT2D eigenvalue weighted by atomic mass is 16.5.